The first-order valence-electron chi connectivity index (χ1n) is 10.0. The summed E-state index contributed by atoms with van der Waals surface area (Å²) in [5, 5.41) is 0.510. The van der Waals surface area contributed by atoms with E-state index in [4.69, 9.17) is 4.74 Å². The van der Waals surface area contributed by atoms with Crippen LogP contribution in [0.5, 0.6) is 10.9 Å². The lowest BCUT2D eigenvalue weighted by molar-refractivity contribution is 0.0697. The van der Waals surface area contributed by atoms with Gasteiger partial charge in [0.2, 0.25) is 0 Å². The lowest BCUT2D eigenvalue weighted by Gasteiger charge is -2.30. The highest BCUT2D eigenvalue weighted by Crippen LogP contribution is 2.25. The van der Waals surface area contributed by atoms with E-state index in [1.807, 2.05) is 29.2 Å². The average molecular weight is 408 g/mol. The Morgan fingerprint density at radius 1 is 1.10 bits per heavy atom. The van der Waals surface area contributed by atoms with Gasteiger partial charge >= 0.3 is 0 Å². The molecule has 1 fully saturated rings. The molecule has 150 valence electrons. The molecule has 1 amide bonds. The minimum absolute atomic E-state index is 0.0970. The number of nitrogens with zero attached hydrogens (tertiary/aromatic N) is 3. The summed E-state index contributed by atoms with van der Waals surface area (Å²) in [5.41, 5.74) is 3.11. The molecule has 1 aromatic heterocycles. The third kappa shape index (κ3) is 5.01. The maximum atomic E-state index is 12.6. The van der Waals surface area contributed by atoms with Gasteiger partial charge in [0.25, 0.3) is 11.1 Å². The SMILES string of the molecule is Cc1ccc(Cc2nsc(Oc3ccc(C(=O)N4CCC(C)CC4)cc3)n2)cc1. The summed E-state index contributed by atoms with van der Waals surface area (Å²) in [4.78, 5) is 19.1. The van der Waals surface area contributed by atoms with Crippen molar-refractivity contribution >= 4 is 17.4 Å². The number of ether oxygens (including phenoxy) is 1. The Morgan fingerprint density at radius 2 is 1.79 bits per heavy atom. The quantitative estimate of drug-likeness (QED) is 0.590. The van der Waals surface area contributed by atoms with Gasteiger partial charge in [0.15, 0.2) is 5.82 Å². The Bertz CT molecular complexity index is 959. The number of carbonyl (C=O) groups is 1. The number of aromatic nitrogens is 2. The molecule has 0 radical (unpaired) electrons. The van der Waals surface area contributed by atoms with Gasteiger partial charge in [0.05, 0.1) is 0 Å². The smallest absolute Gasteiger partial charge is 0.298 e. The van der Waals surface area contributed by atoms with Crippen LogP contribution in [0.15, 0.2) is 48.5 Å². The first-order chi connectivity index (χ1) is 14.1. The Morgan fingerprint density at radius 3 is 2.48 bits per heavy atom. The number of benzene rings is 2. The normalized spacial score (nSPS) is 14.8. The van der Waals surface area contributed by atoms with E-state index >= 15 is 0 Å². The van der Waals surface area contributed by atoms with Crippen molar-refractivity contribution in [3.63, 3.8) is 0 Å². The Hall–Kier alpha value is -2.73. The van der Waals surface area contributed by atoms with Crippen LogP contribution in [0.1, 0.15) is 47.1 Å². The number of carbonyl (C=O) groups excluding carboxylic acids is 1. The standard InChI is InChI=1S/C23H25N3O2S/c1-16-3-5-18(6-4-16)15-21-24-23(29-25-21)28-20-9-7-19(8-10-20)22(27)26-13-11-17(2)12-14-26/h3-10,17H,11-15H2,1-2H3. The van der Waals surface area contributed by atoms with Crippen LogP contribution in [-0.2, 0) is 6.42 Å². The Labute approximate surface area is 175 Å². The summed E-state index contributed by atoms with van der Waals surface area (Å²) in [6.45, 7) is 6.00. The predicted octanol–water partition coefficient (Wildman–Crippen LogP) is 5.10. The molecule has 4 rings (SSSR count). The van der Waals surface area contributed by atoms with Crippen LogP contribution in [0.4, 0.5) is 0 Å². The van der Waals surface area contributed by atoms with Gasteiger partial charge in [0.1, 0.15) is 5.75 Å². The van der Waals surface area contributed by atoms with E-state index in [0.717, 1.165) is 31.8 Å². The lowest BCUT2D eigenvalue weighted by Crippen LogP contribution is -2.37. The van der Waals surface area contributed by atoms with E-state index in [-0.39, 0.29) is 5.91 Å². The first kappa shape index (κ1) is 19.6. The number of amides is 1. The van der Waals surface area contributed by atoms with Crippen LogP contribution < -0.4 is 4.74 Å². The molecule has 0 saturated carbocycles. The number of likely N-dealkylation sites (tertiary alicyclic amines) is 1. The van der Waals surface area contributed by atoms with Crippen molar-refractivity contribution < 1.29 is 9.53 Å². The van der Waals surface area contributed by atoms with E-state index in [2.05, 4.69) is 47.5 Å². The van der Waals surface area contributed by atoms with Gasteiger partial charge in [-0.1, -0.05) is 36.8 Å². The van der Waals surface area contributed by atoms with E-state index in [1.54, 1.807) is 0 Å². The van der Waals surface area contributed by atoms with Crippen molar-refractivity contribution in [2.75, 3.05) is 13.1 Å². The van der Waals surface area contributed by atoms with Crippen molar-refractivity contribution in [2.24, 2.45) is 5.92 Å². The molecule has 6 heteroatoms. The maximum Gasteiger partial charge on any atom is 0.298 e. The predicted molar refractivity (Wildman–Crippen MR) is 115 cm³/mol. The second-order valence-corrected chi connectivity index (χ2v) is 8.45. The molecule has 0 bridgehead atoms. The number of piperidine rings is 1. The van der Waals surface area contributed by atoms with Crippen molar-refractivity contribution in [1.29, 1.82) is 0 Å². The average Bonchev–Trinajstić information content (AvgIpc) is 3.17. The molecule has 0 unspecified atom stereocenters. The van der Waals surface area contributed by atoms with Crippen LogP contribution in [-0.4, -0.2) is 33.3 Å². The van der Waals surface area contributed by atoms with Crippen molar-refractivity contribution in [1.82, 2.24) is 14.3 Å². The van der Waals surface area contributed by atoms with E-state index in [0.29, 0.717) is 28.8 Å². The number of hydrogen-bond donors (Lipinski definition) is 0. The minimum atomic E-state index is 0.0970. The summed E-state index contributed by atoms with van der Waals surface area (Å²) < 4.78 is 10.2. The minimum Gasteiger partial charge on any atom is -0.430 e. The fraction of sp³-hybridized carbons (Fsp3) is 0.348. The molecule has 2 heterocycles. The lowest BCUT2D eigenvalue weighted by atomic mass is 9.98. The van der Waals surface area contributed by atoms with Gasteiger partial charge < -0.3 is 9.64 Å². The van der Waals surface area contributed by atoms with Gasteiger partial charge in [-0.15, -0.1) is 0 Å². The number of rotatable bonds is 5. The summed E-state index contributed by atoms with van der Waals surface area (Å²) in [6, 6.07) is 15.7. The van der Waals surface area contributed by atoms with Crippen molar-refractivity contribution in [3.05, 3.63) is 71.0 Å². The van der Waals surface area contributed by atoms with Gasteiger partial charge in [-0.2, -0.15) is 9.36 Å². The summed E-state index contributed by atoms with van der Waals surface area (Å²) in [6.07, 6.45) is 2.84. The monoisotopic (exact) mass is 407 g/mol. The molecule has 29 heavy (non-hydrogen) atoms. The molecular weight excluding hydrogens is 382 g/mol. The highest BCUT2D eigenvalue weighted by molar-refractivity contribution is 7.07. The van der Waals surface area contributed by atoms with Gasteiger partial charge in [-0.25, -0.2) is 0 Å². The number of hydrogen-bond acceptors (Lipinski definition) is 5. The second-order valence-electron chi connectivity index (χ2n) is 7.74. The molecular formula is C23H25N3O2S. The number of aryl methyl sites for hydroxylation is 1. The van der Waals surface area contributed by atoms with Crippen molar-refractivity contribution in [2.45, 2.75) is 33.1 Å². The fourth-order valence-corrected chi connectivity index (χ4v) is 3.97. The van der Waals surface area contributed by atoms with Crippen LogP contribution in [0.25, 0.3) is 0 Å². The van der Waals surface area contributed by atoms with Crippen LogP contribution >= 0.6 is 11.5 Å². The Balaban J connectivity index is 1.36. The van der Waals surface area contributed by atoms with Crippen molar-refractivity contribution in [3.8, 4) is 10.9 Å². The highest BCUT2D eigenvalue weighted by atomic mass is 32.1. The van der Waals surface area contributed by atoms with Gasteiger partial charge in [-0.05, 0) is 55.5 Å². The highest BCUT2D eigenvalue weighted by Gasteiger charge is 2.21. The molecule has 3 aromatic rings. The molecule has 1 aliphatic heterocycles. The molecule has 5 nitrogen and oxygen atoms in total. The largest absolute Gasteiger partial charge is 0.430 e. The van der Waals surface area contributed by atoms with Gasteiger partial charge in [-0.3, -0.25) is 4.79 Å². The van der Waals surface area contributed by atoms with E-state index in [1.165, 1.54) is 22.7 Å². The van der Waals surface area contributed by atoms with Crippen LogP contribution in [0.3, 0.4) is 0 Å². The molecule has 0 spiro atoms. The zero-order valence-corrected chi connectivity index (χ0v) is 17.6. The molecule has 0 N–H and O–H groups in total. The third-order valence-corrected chi connectivity index (χ3v) is 5.94. The fourth-order valence-electron chi connectivity index (χ4n) is 3.40. The Kier molecular flexibility index (Phi) is 5.90. The summed E-state index contributed by atoms with van der Waals surface area (Å²) in [5.74, 6) is 2.21. The van der Waals surface area contributed by atoms with E-state index < -0.39 is 0 Å². The van der Waals surface area contributed by atoms with Crippen LogP contribution in [0, 0.1) is 12.8 Å². The first-order valence-corrected chi connectivity index (χ1v) is 10.8. The third-order valence-electron chi connectivity index (χ3n) is 5.31. The zero-order chi connectivity index (χ0) is 20.2. The topological polar surface area (TPSA) is 55.3 Å². The van der Waals surface area contributed by atoms with E-state index in [9.17, 15) is 4.79 Å². The molecule has 2 aromatic carbocycles. The van der Waals surface area contributed by atoms with Crippen LogP contribution in [0.2, 0.25) is 0 Å². The molecule has 0 aliphatic carbocycles. The molecule has 1 saturated heterocycles. The second kappa shape index (κ2) is 8.74. The van der Waals surface area contributed by atoms with Gasteiger partial charge in [0, 0.05) is 36.6 Å². The molecule has 1 aliphatic rings. The maximum absolute atomic E-state index is 12.6. The zero-order valence-electron chi connectivity index (χ0n) is 16.8. The summed E-state index contributed by atoms with van der Waals surface area (Å²) in [7, 11) is 0. The molecule has 0 atom stereocenters. The summed E-state index contributed by atoms with van der Waals surface area (Å²) >= 11 is 1.24.